The summed E-state index contributed by atoms with van der Waals surface area (Å²) < 4.78 is 53.3. The van der Waals surface area contributed by atoms with Crippen LogP contribution in [0.4, 0.5) is 17.6 Å². The van der Waals surface area contributed by atoms with E-state index in [4.69, 9.17) is 5.26 Å². The Morgan fingerprint density at radius 2 is 1.80 bits per heavy atom. The molecule has 0 saturated heterocycles. The molecule has 1 rings (SSSR count). The quantitative estimate of drug-likeness (QED) is 0.732. The first-order valence-electron chi connectivity index (χ1n) is 3.84. The summed E-state index contributed by atoms with van der Waals surface area (Å²) in [4.78, 5) is 0. The van der Waals surface area contributed by atoms with Gasteiger partial charge in [-0.05, 0) is 0 Å². The van der Waals surface area contributed by atoms with Gasteiger partial charge in [-0.15, -0.1) is 0 Å². The van der Waals surface area contributed by atoms with E-state index in [0.717, 1.165) is 0 Å². The van der Waals surface area contributed by atoms with Gasteiger partial charge in [0.05, 0.1) is 12.5 Å². The van der Waals surface area contributed by atoms with E-state index in [-0.39, 0.29) is 0 Å². The SMILES string of the molecule is N#CCc1c(F)cc(OC(F)F)cc1F. The van der Waals surface area contributed by atoms with E-state index >= 15 is 0 Å². The van der Waals surface area contributed by atoms with E-state index in [9.17, 15) is 17.6 Å². The maximum absolute atomic E-state index is 13.0. The predicted molar refractivity (Wildman–Crippen MR) is 42.3 cm³/mol. The standard InChI is InChI=1S/C9H5F4NO/c10-7-3-5(15-9(12)13)4-8(11)6(7)1-2-14/h3-4,9H,1H2. The van der Waals surface area contributed by atoms with Gasteiger partial charge in [0.25, 0.3) is 0 Å². The van der Waals surface area contributed by atoms with Crippen molar-refractivity contribution < 1.29 is 22.3 Å². The summed E-state index contributed by atoms with van der Waals surface area (Å²) >= 11 is 0. The minimum Gasteiger partial charge on any atom is -0.435 e. The summed E-state index contributed by atoms with van der Waals surface area (Å²) in [5.41, 5.74) is -0.459. The predicted octanol–water partition coefficient (Wildman–Crippen LogP) is 2.63. The van der Waals surface area contributed by atoms with Crippen LogP contribution in [-0.4, -0.2) is 6.61 Å². The molecule has 0 fully saturated rings. The van der Waals surface area contributed by atoms with Gasteiger partial charge in [-0.25, -0.2) is 8.78 Å². The number of hydrogen-bond donors (Lipinski definition) is 0. The third-order valence-electron chi connectivity index (χ3n) is 1.60. The molecule has 0 bridgehead atoms. The minimum absolute atomic E-state index is 0.459. The van der Waals surface area contributed by atoms with Gasteiger partial charge in [0, 0.05) is 17.7 Å². The number of ether oxygens (including phenoxy) is 1. The zero-order valence-corrected chi connectivity index (χ0v) is 7.31. The lowest BCUT2D eigenvalue weighted by molar-refractivity contribution is -0.0501. The van der Waals surface area contributed by atoms with Crippen LogP contribution in [-0.2, 0) is 6.42 Å². The lowest BCUT2D eigenvalue weighted by atomic mass is 10.1. The van der Waals surface area contributed by atoms with Gasteiger partial charge in [-0.3, -0.25) is 0 Å². The van der Waals surface area contributed by atoms with E-state index < -0.39 is 36.0 Å². The van der Waals surface area contributed by atoms with Crippen molar-refractivity contribution >= 4 is 0 Å². The van der Waals surface area contributed by atoms with Crippen LogP contribution in [0.2, 0.25) is 0 Å². The molecule has 0 unspecified atom stereocenters. The summed E-state index contributed by atoms with van der Waals surface area (Å²) in [5, 5.41) is 8.25. The molecule has 0 spiro atoms. The fourth-order valence-corrected chi connectivity index (χ4v) is 0.999. The van der Waals surface area contributed by atoms with Crippen molar-refractivity contribution in [2.24, 2.45) is 0 Å². The number of hydrogen-bond acceptors (Lipinski definition) is 2. The van der Waals surface area contributed by atoms with Crippen molar-refractivity contribution in [3.63, 3.8) is 0 Å². The van der Waals surface area contributed by atoms with Crippen LogP contribution < -0.4 is 4.74 Å². The van der Waals surface area contributed by atoms with Crippen LogP contribution in [0.5, 0.6) is 5.75 Å². The van der Waals surface area contributed by atoms with Crippen LogP contribution >= 0.6 is 0 Å². The molecule has 0 aliphatic heterocycles. The Hall–Kier alpha value is -1.77. The number of alkyl halides is 2. The number of rotatable bonds is 3. The van der Waals surface area contributed by atoms with Gasteiger partial charge in [0.1, 0.15) is 17.4 Å². The highest BCUT2D eigenvalue weighted by Crippen LogP contribution is 2.22. The molecule has 2 nitrogen and oxygen atoms in total. The van der Waals surface area contributed by atoms with Gasteiger partial charge in [-0.1, -0.05) is 0 Å². The zero-order chi connectivity index (χ0) is 11.4. The molecule has 1 aromatic carbocycles. The lowest BCUT2D eigenvalue weighted by Gasteiger charge is -2.06. The Morgan fingerprint density at radius 1 is 1.27 bits per heavy atom. The molecule has 0 amide bonds. The highest BCUT2D eigenvalue weighted by molar-refractivity contribution is 5.32. The first-order chi connectivity index (χ1) is 7.04. The van der Waals surface area contributed by atoms with Crippen LogP contribution in [0.3, 0.4) is 0 Å². The molecule has 0 aromatic heterocycles. The average Bonchev–Trinajstić information content (AvgIpc) is 2.10. The summed E-state index contributed by atoms with van der Waals surface area (Å²) in [7, 11) is 0. The molecule has 0 atom stereocenters. The van der Waals surface area contributed by atoms with Gasteiger partial charge in [-0.2, -0.15) is 14.0 Å². The molecule has 15 heavy (non-hydrogen) atoms. The van der Waals surface area contributed by atoms with Crippen molar-refractivity contribution in [1.29, 1.82) is 5.26 Å². The second kappa shape index (κ2) is 4.64. The van der Waals surface area contributed by atoms with Gasteiger partial charge >= 0.3 is 6.61 Å². The minimum atomic E-state index is -3.15. The Morgan fingerprint density at radius 3 is 2.20 bits per heavy atom. The molecule has 0 aliphatic carbocycles. The molecular formula is C9H5F4NO. The summed E-state index contributed by atoms with van der Waals surface area (Å²) in [6, 6.07) is 2.78. The summed E-state index contributed by atoms with van der Waals surface area (Å²) in [5.74, 6) is -2.76. The zero-order valence-electron chi connectivity index (χ0n) is 7.31. The van der Waals surface area contributed by atoms with Crippen LogP contribution in [0.25, 0.3) is 0 Å². The first-order valence-corrected chi connectivity index (χ1v) is 3.84. The Bertz CT molecular complexity index is 377. The van der Waals surface area contributed by atoms with E-state index in [1.54, 1.807) is 6.07 Å². The molecule has 1 aromatic rings. The average molecular weight is 219 g/mol. The summed E-state index contributed by atoms with van der Waals surface area (Å²) in [6.45, 7) is -3.15. The van der Waals surface area contributed by atoms with Gasteiger partial charge in [0.15, 0.2) is 0 Å². The normalized spacial score (nSPS) is 10.1. The Balaban J connectivity index is 3.03. The second-order valence-electron chi connectivity index (χ2n) is 2.58. The molecule has 0 heterocycles. The topological polar surface area (TPSA) is 33.0 Å². The summed E-state index contributed by atoms with van der Waals surface area (Å²) in [6.07, 6.45) is -0.466. The fraction of sp³-hybridized carbons (Fsp3) is 0.222. The molecule has 6 heteroatoms. The van der Waals surface area contributed by atoms with Crippen molar-refractivity contribution in [2.45, 2.75) is 13.0 Å². The maximum Gasteiger partial charge on any atom is 0.387 e. The van der Waals surface area contributed by atoms with E-state index in [1.807, 2.05) is 0 Å². The van der Waals surface area contributed by atoms with E-state index in [0.29, 0.717) is 12.1 Å². The lowest BCUT2D eigenvalue weighted by Crippen LogP contribution is -2.04. The molecule has 80 valence electrons. The van der Waals surface area contributed by atoms with Crippen molar-refractivity contribution in [2.75, 3.05) is 0 Å². The monoisotopic (exact) mass is 219 g/mol. The number of nitrogens with zero attached hydrogens (tertiary/aromatic N) is 1. The van der Waals surface area contributed by atoms with E-state index in [2.05, 4.69) is 4.74 Å². The first kappa shape index (κ1) is 11.3. The van der Waals surface area contributed by atoms with Gasteiger partial charge < -0.3 is 4.74 Å². The van der Waals surface area contributed by atoms with Crippen LogP contribution in [0, 0.1) is 23.0 Å². The van der Waals surface area contributed by atoms with Crippen LogP contribution in [0.1, 0.15) is 5.56 Å². The molecule has 0 radical (unpaired) electrons. The van der Waals surface area contributed by atoms with Gasteiger partial charge in [0.2, 0.25) is 0 Å². The largest absolute Gasteiger partial charge is 0.435 e. The maximum atomic E-state index is 13.0. The third kappa shape index (κ3) is 2.84. The van der Waals surface area contributed by atoms with Crippen molar-refractivity contribution in [3.05, 3.63) is 29.3 Å². The smallest absolute Gasteiger partial charge is 0.387 e. The fourth-order valence-electron chi connectivity index (χ4n) is 0.999. The molecule has 0 saturated carbocycles. The highest BCUT2D eigenvalue weighted by Gasteiger charge is 2.13. The number of nitriles is 1. The van der Waals surface area contributed by atoms with Crippen molar-refractivity contribution in [1.82, 2.24) is 0 Å². The Labute approximate surface area is 82.7 Å². The highest BCUT2D eigenvalue weighted by atomic mass is 19.3. The van der Waals surface area contributed by atoms with Crippen LogP contribution in [0.15, 0.2) is 12.1 Å². The Kier molecular flexibility index (Phi) is 3.50. The molecule has 0 aliphatic rings. The molecule has 0 N–H and O–H groups in total. The van der Waals surface area contributed by atoms with Crippen molar-refractivity contribution in [3.8, 4) is 11.8 Å². The van der Waals surface area contributed by atoms with E-state index in [1.165, 1.54) is 0 Å². The second-order valence-corrected chi connectivity index (χ2v) is 2.58. The molecular weight excluding hydrogens is 214 g/mol. The number of halogens is 4. The number of benzene rings is 1. The third-order valence-corrected chi connectivity index (χ3v) is 1.60.